The lowest BCUT2D eigenvalue weighted by atomic mass is 9.95. The molecule has 2 aromatic carbocycles. The molecule has 0 saturated carbocycles. The number of carbonyl (C=O) groups excluding carboxylic acids is 15. The third kappa shape index (κ3) is 38.5. The van der Waals surface area contributed by atoms with Gasteiger partial charge >= 0.3 is 17.9 Å². The van der Waals surface area contributed by atoms with Crippen molar-refractivity contribution in [3.05, 3.63) is 71.9 Å². The molecule has 0 aliphatic rings. The lowest BCUT2D eigenvalue weighted by Gasteiger charge is -2.31. The van der Waals surface area contributed by atoms with Gasteiger partial charge < -0.3 is 124 Å². The highest BCUT2D eigenvalue weighted by atomic mass is 16.4. The van der Waals surface area contributed by atoms with Crippen molar-refractivity contribution in [3.63, 3.8) is 0 Å². The molecule has 29 N–H and O–H groups in total. The van der Waals surface area contributed by atoms with E-state index >= 15 is 4.79 Å². The van der Waals surface area contributed by atoms with E-state index in [1.54, 1.807) is 81.6 Å². The normalized spacial score (nSPS) is 14.9. The molecule has 0 saturated heterocycles. The highest BCUT2D eigenvalue weighted by molar-refractivity contribution is 6.01. The maximum atomic E-state index is 15.1. The number of benzene rings is 2. The first-order valence-corrected chi connectivity index (χ1v) is 41.8. The monoisotopic (exact) mass is 1730 g/mol. The number of aromatic nitrogens is 1. The van der Waals surface area contributed by atoms with Gasteiger partial charge in [-0.05, 0) is 144 Å². The zero-order valence-corrected chi connectivity index (χ0v) is 71.4. The summed E-state index contributed by atoms with van der Waals surface area (Å²) in [5.74, 6) is -21.3. The Morgan fingerprint density at radius 3 is 1.21 bits per heavy atom. The van der Waals surface area contributed by atoms with Gasteiger partial charge in [0.1, 0.15) is 72.5 Å². The van der Waals surface area contributed by atoms with Crippen LogP contribution in [0.2, 0.25) is 0 Å². The predicted molar refractivity (Wildman–Crippen MR) is 452 cm³/mol. The van der Waals surface area contributed by atoms with Gasteiger partial charge in [0.05, 0.1) is 19.0 Å². The molecule has 684 valence electrons. The first kappa shape index (κ1) is 105. The molecule has 0 radical (unpaired) electrons. The molecule has 3 aromatic rings. The molecule has 3 rings (SSSR count). The van der Waals surface area contributed by atoms with E-state index in [4.69, 9.17) is 39.5 Å². The van der Waals surface area contributed by atoms with Gasteiger partial charge in [-0.15, -0.1) is 0 Å². The third-order valence-electron chi connectivity index (χ3n) is 20.6. The van der Waals surface area contributed by atoms with Crippen LogP contribution in [0.5, 0.6) is 0 Å². The van der Waals surface area contributed by atoms with Crippen LogP contribution in [0.4, 0.5) is 0 Å². The minimum Gasteiger partial charge on any atom is -0.481 e. The summed E-state index contributed by atoms with van der Waals surface area (Å²) in [4.78, 5) is 250. The lowest BCUT2D eigenvalue weighted by molar-refractivity contribution is -0.143. The molecule has 0 aliphatic heterocycles. The summed E-state index contributed by atoms with van der Waals surface area (Å²) in [6, 6.07) is -4.57. The molecule has 15 atom stereocenters. The van der Waals surface area contributed by atoms with Crippen molar-refractivity contribution in [2.75, 3.05) is 26.2 Å². The van der Waals surface area contributed by atoms with E-state index in [1.807, 2.05) is 13.8 Å². The van der Waals surface area contributed by atoms with E-state index in [2.05, 4.69) is 74.1 Å². The zero-order valence-electron chi connectivity index (χ0n) is 71.4. The van der Waals surface area contributed by atoms with E-state index in [9.17, 15) is 91.7 Å². The van der Waals surface area contributed by atoms with Gasteiger partial charge in [0.25, 0.3) is 0 Å². The number of rotatable bonds is 61. The first-order chi connectivity index (χ1) is 58.2. The molecule has 0 bridgehead atoms. The number of unbranched alkanes of at least 4 members (excludes halogenated alkanes) is 3. The Labute approximate surface area is 715 Å². The zero-order chi connectivity index (χ0) is 92.2. The quantitative estimate of drug-likeness (QED) is 0.0257. The number of nitrogens with one attached hydrogen (secondary N) is 14. The number of hydrogen-bond donors (Lipinski definition) is 23. The van der Waals surface area contributed by atoms with Gasteiger partial charge in [0.2, 0.25) is 88.6 Å². The van der Waals surface area contributed by atoms with Gasteiger partial charge in [-0.3, -0.25) is 81.5 Å². The summed E-state index contributed by atoms with van der Waals surface area (Å²) < 4.78 is 0. The molecular weight excluding hydrogens is 1600 g/mol. The molecule has 41 heteroatoms. The second-order valence-electron chi connectivity index (χ2n) is 31.5. The molecule has 1 aromatic heterocycles. The van der Waals surface area contributed by atoms with Crippen molar-refractivity contribution >= 4 is 117 Å². The molecule has 1 heterocycles. The van der Waals surface area contributed by atoms with E-state index in [0.717, 1.165) is 0 Å². The predicted octanol–water partition coefficient (Wildman–Crippen LogP) is -2.65. The van der Waals surface area contributed by atoms with Gasteiger partial charge in [-0.2, -0.15) is 0 Å². The van der Waals surface area contributed by atoms with Crippen molar-refractivity contribution in [3.8, 4) is 0 Å². The average Bonchev–Trinajstić information content (AvgIpc) is 1.71. The Bertz CT molecular complexity index is 4030. The number of amides is 15. The molecule has 123 heavy (non-hydrogen) atoms. The minimum atomic E-state index is -2.04. The van der Waals surface area contributed by atoms with Crippen LogP contribution in [0.25, 0.3) is 10.9 Å². The number of primary amides is 2. The number of aliphatic carboxylic acids is 3. The fourth-order valence-corrected chi connectivity index (χ4v) is 13.1. The van der Waals surface area contributed by atoms with Crippen molar-refractivity contribution in [2.24, 2.45) is 58.1 Å². The van der Waals surface area contributed by atoms with Crippen molar-refractivity contribution < 1.29 is 102 Å². The molecule has 0 aliphatic carbocycles. The third-order valence-corrected chi connectivity index (χ3v) is 20.6. The maximum absolute atomic E-state index is 15.1. The molecular formula is C82H130N20O21. The van der Waals surface area contributed by atoms with Crippen molar-refractivity contribution in [2.45, 2.75) is 269 Å². The summed E-state index contributed by atoms with van der Waals surface area (Å²) in [5.41, 5.74) is 36.5. The van der Waals surface area contributed by atoms with Crippen LogP contribution < -0.4 is 104 Å². The topological polar surface area (TPSA) is 696 Å². The van der Waals surface area contributed by atoms with E-state index in [0.29, 0.717) is 67.1 Å². The molecule has 0 spiro atoms. The Morgan fingerprint density at radius 2 is 0.772 bits per heavy atom. The smallest absolute Gasteiger partial charge is 0.326 e. The molecule has 0 fully saturated rings. The molecule has 15 amide bonds. The van der Waals surface area contributed by atoms with Crippen LogP contribution in [0.15, 0.2) is 60.8 Å². The fraction of sp³-hybridized carbons (Fsp3) is 0.610. The van der Waals surface area contributed by atoms with Gasteiger partial charge in [0.15, 0.2) is 0 Å². The number of para-hydroxylation sites is 1. The van der Waals surface area contributed by atoms with Crippen LogP contribution in [0, 0.1) is 23.7 Å². The summed E-state index contributed by atoms with van der Waals surface area (Å²) in [5, 5.41) is 62.5. The number of hydrogen-bond acceptors (Lipinski definition) is 22. The van der Waals surface area contributed by atoms with Crippen LogP contribution in [0.1, 0.15) is 189 Å². The SMILES string of the molecule is CC[C@H](C)[C@H](NC(=O)[C@H](Cc1c[nH]c2ccccc12)NC(=O)[C@H](CCCCN)NC(=O)[C@H](CCCCN)NC(=O)[C@@H](N)CC(C)C)C(=O)N[C@@H](CCC(N)=O)C(=O)N[C@@H](CCCCN)C(=O)N[C@H](C(=O)N[C@H](C(=O)N[C@@H](CC(=O)O)C(=O)N[C@@H](CCC(N)=O)C(=O)N[C@@H](Cc1ccccc1)C(=O)NCC(=O)N[C@@H](CCC(=O)O)C(=O)O)[C@@H](C)CC)C(C)C. The summed E-state index contributed by atoms with van der Waals surface area (Å²) in [6.07, 6.45) is -0.186. The van der Waals surface area contributed by atoms with Gasteiger partial charge in [-0.1, -0.05) is 117 Å². The number of aromatic amines is 1. The van der Waals surface area contributed by atoms with Gasteiger partial charge in [-0.25, -0.2) is 4.79 Å². The first-order valence-electron chi connectivity index (χ1n) is 41.8. The summed E-state index contributed by atoms with van der Waals surface area (Å²) in [7, 11) is 0. The van der Waals surface area contributed by atoms with Gasteiger partial charge in [0, 0.05) is 49.2 Å². The highest BCUT2D eigenvalue weighted by Crippen LogP contribution is 2.22. The minimum absolute atomic E-state index is 0.0405. The average molecular weight is 1730 g/mol. The van der Waals surface area contributed by atoms with E-state index in [1.165, 1.54) is 20.8 Å². The van der Waals surface area contributed by atoms with E-state index < -0.39 is 254 Å². The standard InChI is InChI=1S/C82H130N20O21/c1-9-46(7)68(101-78(118)60(40-49-42-89-52-25-15-14-24-50(49)52)98-73(113)54(27-17-20-36-84)93-72(112)53(26-16-19-35-83)92-70(110)51(86)38-44(3)4)80(120)96-57(30-33-63(88)104)74(114)94-55(28-18-21-37-85)76(116)100-67(45(5)6)79(119)102-69(47(8)10-2)81(121)99-61(41-66(108)109)77(117)95-56(29-32-62(87)103)75(115)97-59(39-48-22-12-11-13-23-48)71(111)90-43-64(105)91-58(82(122)123)31-34-65(106)107/h11-15,22-25,42,44-47,51,53-61,67-69,89H,9-10,16-21,26-41,43,83-86H2,1-8H3,(H2,87,103)(H2,88,104)(H,90,111)(H,91,105)(H,92,110)(H,93,112)(H,94,114)(H,95,117)(H,96,120)(H,97,115)(H,98,113)(H,99,121)(H,100,116)(H,101,118)(H,102,119)(H,106,107)(H,108,109)(H,122,123)/t46-,47-,51-,53-,54-,55-,56-,57-,58-,59-,60-,61-,67-,68-,69-/m0/s1. The lowest BCUT2D eigenvalue weighted by Crippen LogP contribution is -2.62. The summed E-state index contributed by atoms with van der Waals surface area (Å²) >= 11 is 0. The Morgan fingerprint density at radius 1 is 0.390 bits per heavy atom. The van der Waals surface area contributed by atoms with Crippen molar-refractivity contribution in [1.29, 1.82) is 0 Å². The van der Waals surface area contributed by atoms with Crippen LogP contribution in [-0.4, -0.2) is 232 Å². The largest absolute Gasteiger partial charge is 0.481 e. The fourth-order valence-electron chi connectivity index (χ4n) is 13.1. The number of carbonyl (C=O) groups is 18. The highest BCUT2D eigenvalue weighted by Gasteiger charge is 2.40. The maximum Gasteiger partial charge on any atom is 0.326 e. The Hall–Kier alpha value is -11.7. The number of fused-ring (bicyclic) bond motifs is 1. The van der Waals surface area contributed by atoms with E-state index in [-0.39, 0.29) is 70.4 Å². The summed E-state index contributed by atoms with van der Waals surface area (Å²) in [6.45, 7) is 13.2. The van der Waals surface area contributed by atoms with Crippen LogP contribution in [0.3, 0.4) is 0 Å². The van der Waals surface area contributed by atoms with Crippen LogP contribution >= 0.6 is 0 Å². The molecule has 0 unspecified atom stereocenters. The number of carboxylic acids is 3. The Kier molecular flexibility index (Phi) is 47.4. The number of H-pyrrole nitrogens is 1. The number of nitrogens with two attached hydrogens (primary N) is 6. The number of carboxylic acid groups (broad SMARTS) is 3. The van der Waals surface area contributed by atoms with Crippen molar-refractivity contribution in [1.82, 2.24) is 74.1 Å². The Balaban J connectivity index is 2.00. The second-order valence-corrected chi connectivity index (χ2v) is 31.5. The van der Waals surface area contributed by atoms with Crippen LogP contribution in [-0.2, 0) is 99.1 Å². The second kappa shape index (κ2) is 55.3. The molecule has 41 nitrogen and oxygen atoms in total.